The summed E-state index contributed by atoms with van der Waals surface area (Å²) in [7, 11) is 0. The normalized spacial score (nSPS) is 11.8. The van der Waals surface area contributed by atoms with Crippen molar-refractivity contribution in [2.45, 2.75) is 0 Å². The summed E-state index contributed by atoms with van der Waals surface area (Å²) in [6.45, 7) is 0. The minimum atomic E-state index is 0.589. The van der Waals surface area contributed by atoms with Crippen LogP contribution in [0.1, 0.15) is 0 Å². The number of rotatable bonds is 3. The van der Waals surface area contributed by atoms with E-state index in [0.29, 0.717) is 17.5 Å². The Morgan fingerprint density at radius 1 is 0.404 bits per heavy atom. The molecule has 0 amide bonds. The van der Waals surface area contributed by atoms with E-state index in [2.05, 4.69) is 120 Å². The highest BCUT2D eigenvalue weighted by Crippen LogP contribution is 2.40. The van der Waals surface area contributed by atoms with E-state index in [1.54, 1.807) is 12.4 Å². The lowest BCUT2D eigenvalue weighted by atomic mass is 9.93. The van der Waals surface area contributed by atoms with Crippen LogP contribution in [0.15, 0.2) is 150 Å². The molecule has 0 aliphatic rings. The number of fused-ring (bicyclic) bond motifs is 9. The van der Waals surface area contributed by atoms with E-state index in [9.17, 15) is 0 Å². The summed E-state index contributed by atoms with van der Waals surface area (Å²) in [5.74, 6) is 1.83. The van der Waals surface area contributed by atoms with Gasteiger partial charge in [-0.15, -0.1) is 0 Å². The van der Waals surface area contributed by atoms with Gasteiger partial charge in [0.15, 0.2) is 23.1 Å². The topological polar surface area (TPSA) is 64.7 Å². The second-order valence-corrected chi connectivity index (χ2v) is 11.9. The summed E-state index contributed by atoms with van der Waals surface area (Å²) in [5.41, 5.74) is 4.27. The number of furan rings is 1. The molecule has 0 aliphatic carbocycles. The Morgan fingerprint density at radius 3 is 2.00 bits per heavy atom. The van der Waals surface area contributed by atoms with Gasteiger partial charge in [0.2, 0.25) is 0 Å². The Balaban J connectivity index is 1.30. The lowest BCUT2D eigenvalue weighted by molar-refractivity contribution is 0.667. The molecule has 0 spiro atoms. The number of hydrogen-bond donors (Lipinski definition) is 0. The molecule has 47 heavy (non-hydrogen) atoms. The quantitative estimate of drug-likeness (QED) is 0.189. The first-order chi connectivity index (χ1) is 23.3. The third-order valence-electron chi connectivity index (χ3n) is 9.17. The number of hydrogen-bond acceptors (Lipinski definition) is 5. The zero-order chi connectivity index (χ0) is 30.9. The van der Waals surface area contributed by atoms with Gasteiger partial charge in [0.05, 0.1) is 6.20 Å². The van der Waals surface area contributed by atoms with Crippen LogP contribution in [-0.2, 0) is 0 Å². The second kappa shape index (κ2) is 10.0. The highest BCUT2D eigenvalue weighted by molar-refractivity contribution is 6.23. The smallest absolute Gasteiger partial charge is 0.164 e. The minimum absolute atomic E-state index is 0.589. The molecule has 0 unspecified atom stereocenters. The van der Waals surface area contributed by atoms with Crippen molar-refractivity contribution in [1.82, 2.24) is 19.9 Å². The van der Waals surface area contributed by atoms with Gasteiger partial charge in [-0.3, -0.25) is 4.98 Å². The van der Waals surface area contributed by atoms with Crippen molar-refractivity contribution < 1.29 is 4.42 Å². The maximum absolute atomic E-state index is 6.20. The van der Waals surface area contributed by atoms with E-state index in [4.69, 9.17) is 19.4 Å². The Kier molecular flexibility index (Phi) is 5.51. The molecule has 5 nitrogen and oxygen atoms in total. The van der Waals surface area contributed by atoms with Crippen LogP contribution in [0.5, 0.6) is 0 Å². The van der Waals surface area contributed by atoms with Gasteiger partial charge in [-0.05, 0) is 67.4 Å². The van der Waals surface area contributed by atoms with Crippen LogP contribution in [-0.4, -0.2) is 19.9 Å². The van der Waals surface area contributed by atoms with E-state index in [0.717, 1.165) is 54.8 Å². The van der Waals surface area contributed by atoms with E-state index in [-0.39, 0.29) is 0 Å². The third-order valence-corrected chi connectivity index (χ3v) is 9.17. The lowest BCUT2D eigenvalue weighted by Gasteiger charge is -2.14. The van der Waals surface area contributed by atoms with Gasteiger partial charge in [0.1, 0.15) is 5.58 Å². The first-order valence-corrected chi connectivity index (χ1v) is 15.6. The fraction of sp³-hybridized carbons (Fsp3) is 0. The first-order valence-electron chi connectivity index (χ1n) is 15.6. The van der Waals surface area contributed by atoms with Gasteiger partial charge in [0, 0.05) is 33.7 Å². The summed E-state index contributed by atoms with van der Waals surface area (Å²) in [4.78, 5) is 19.9. The van der Waals surface area contributed by atoms with Crippen molar-refractivity contribution in [2.24, 2.45) is 0 Å². The number of aromatic nitrogens is 4. The maximum Gasteiger partial charge on any atom is 0.164 e. The van der Waals surface area contributed by atoms with Crippen LogP contribution in [0.4, 0.5) is 0 Å². The van der Waals surface area contributed by atoms with Crippen molar-refractivity contribution in [3.05, 3.63) is 146 Å². The highest BCUT2D eigenvalue weighted by Gasteiger charge is 2.20. The molecular formula is C42H24N4O. The highest BCUT2D eigenvalue weighted by atomic mass is 16.3. The van der Waals surface area contributed by atoms with Crippen LogP contribution in [0.3, 0.4) is 0 Å². The number of pyridine rings is 1. The molecule has 7 aromatic carbocycles. The van der Waals surface area contributed by atoms with Gasteiger partial charge >= 0.3 is 0 Å². The zero-order valence-electron chi connectivity index (χ0n) is 25.1. The first kappa shape index (κ1) is 25.8. The third kappa shape index (κ3) is 4.03. The average molecular weight is 601 g/mol. The molecule has 0 bridgehead atoms. The van der Waals surface area contributed by atoms with Crippen molar-refractivity contribution in [2.75, 3.05) is 0 Å². The second-order valence-electron chi connectivity index (χ2n) is 11.9. The molecule has 0 saturated carbocycles. The molecule has 0 fully saturated rings. The molecule has 0 saturated heterocycles. The predicted molar refractivity (Wildman–Crippen MR) is 191 cm³/mol. The molecule has 218 valence electrons. The summed E-state index contributed by atoms with van der Waals surface area (Å²) in [6, 6.07) is 46.5. The van der Waals surface area contributed by atoms with Crippen molar-refractivity contribution in [1.29, 1.82) is 0 Å². The van der Waals surface area contributed by atoms with E-state index in [1.807, 2.05) is 18.2 Å². The molecule has 10 aromatic rings. The van der Waals surface area contributed by atoms with Gasteiger partial charge in [-0.1, -0.05) is 109 Å². The molecule has 0 N–H and O–H groups in total. The van der Waals surface area contributed by atoms with Crippen molar-refractivity contribution in [3.8, 4) is 34.2 Å². The predicted octanol–water partition coefficient (Wildman–Crippen LogP) is 10.8. The van der Waals surface area contributed by atoms with Crippen LogP contribution in [0.25, 0.3) is 99.2 Å². The van der Waals surface area contributed by atoms with Gasteiger partial charge in [-0.25, -0.2) is 15.0 Å². The van der Waals surface area contributed by atoms with E-state index in [1.165, 1.54) is 26.9 Å². The van der Waals surface area contributed by atoms with Gasteiger partial charge in [-0.2, -0.15) is 0 Å². The molecule has 3 aromatic heterocycles. The molecular weight excluding hydrogens is 576 g/mol. The Bertz CT molecular complexity index is 2870. The molecule has 0 radical (unpaired) electrons. The van der Waals surface area contributed by atoms with Gasteiger partial charge < -0.3 is 4.42 Å². The fourth-order valence-corrected chi connectivity index (χ4v) is 7.00. The number of benzene rings is 7. The van der Waals surface area contributed by atoms with Crippen molar-refractivity contribution >= 4 is 65.0 Å². The van der Waals surface area contributed by atoms with Gasteiger partial charge in [0.25, 0.3) is 0 Å². The summed E-state index contributed by atoms with van der Waals surface area (Å²) >= 11 is 0. The summed E-state index contributed by atoms with van der Waals surface area (Å²) in [6.07, 6.45) is 3.54. The maximum atomic E-state index is 6.20. The van der Waals surface area contributed by atoms with Crippen LogP contribution >= 0.6 is 0 Å². The summed E-state index contributed by atoms with van der Waals surface area (Å²) in [5, 5.41) is 11.3. The van der Waals surface area contributed by atoms with Crippen molar-refractivity contribution in [3.63, 3.8) is 0 Å². The number of nitrogens with zero attached hydrogens (tertiary/aromatic N) is 4. The molecule has 5 heteroatoms. The molecule has 0 aliphatic heterocycles. The SMILES string of the molecule is c1ccc2cc(-c3nc(-c4cc5ccc6ccccc6c5c5ccccc45)nc(-c4cccc5oc6cnccc6c45)n3)ccc2c1. The van der Waals surface area contributed by atoms with Crippen LogP contribution in [0, 0.1) is 0 Å². The largest absolute Gasteiger partial charge is 0.454 e. The zero-order valence-corrected chi connectivity index (χ0v) is 25.1. The Morgan fingerprint density at radius 2 is 1.11 bits per heavy atom. The lowest BCUT2D eigenvalue weighted by Crippen LogP contribution is -2.01. The van der Waals surface area contributed by atoms with E-state index >= 15 is 0 Å². The van der Waals surface area contributed by atoms with Crippen LogP contribution < -0.4 is 0 Å². The molecule has 0 atom stereocenters. The van der Waals surface area contributed by atoms with Crippen LogP contribution in [0.2, 0.25) is 0 Å². The standard InChI is InChI=1S/C42H24N4O/c1-2-10-27-22-29(19-16-25(27)8-1)40-44-41(34-14-7-15-36-39(34)33-20-21-43-24-37(33)47-36)46-42(45-40)35-23-28-18-17-26-9-3-4-11-30(26)38(28)32-13-6-5-12-31(32)35/h1-24H. The van der Waals surface area contributed by atoms with E-state index < -0.39 is 0 Å². The monoisotopic (exact) mass is 600 g/mol. The summed E-state index contributed by atoms with van der Waals surface area (Å²) < 4.78 is 6.20. The Labute approximate surface area is 268 Å². The molecule has 10 rings (SSSR count). The minimum Gasteiger partial charge on any atom is -0.454 e. The molecule has 3 heterocycles. The Hall–Kier alpha value is -6.46. The fourth-order valence-electron chi connectivity index (χ4n) is 7.00. The average Bonchev–Trinajstić information content (AvgIpc) is 3.53.